The van der Waals surface area contributed by atoms with Gasteiger partial charge in [0.15, 0.2) is 0 Å². The van der Waals surface area contributed by atoms with Crippen molar-refractivity contribution >= 4 is 5.69 Å². The third kappa shape index (κ3) is 2.39. The Bertz CT molecular complexity index is 396. The molecule has 2 nitrogen and oxygen atoms in total. The van der Waals surface area contributed by atoms with Gasteiger partial charge in [0, 0.05) is 17.8 Å². The predicted octanol–water partition coefficient (Wildman–Crippen LogP) is 3.74. The molecule has 1 aliphatic heterocycles. The Morgan fingerprint density at radius 3 is 2.56 bits per heavy atom. The minimum Gasteiger partial charge on any atom is -0.399 e. The Morgan fingerprint density at radius 1 is 1.00 bits per heavy atom. The average Bonchev–Trinajstić information content (AvgIpc) is 2.92. The Kier molecular flexibility index (Phi) is 3.55. The van der Waals surface area contributed by atoms with Crippen molar-refractivity contribution < 1.29 is 0 Å². The largest absolute Gasteiger partial charge is 0.399 e. The molecule has 1 aromatic rings. The van der Waals surface area contributed by atoms with E-state index in [1.807, 2.05) is 6.07 Å². The molecule has 0 radical (unpaired) electrons. The number of hydrogen-bond acceptors (Lipinski definition) is 2. The van der Waals surface area contributed by atoms with Gasteiger partial charge in [-0.3, -0.25) is 4.90 Å². The van der Waals surface area contributed by atoms with E-state index < -0.39 is 0 Å². The summed E-state index contributed by atoms with van der Waals surface area (Å²) >= 11 is 0. The molecular weight excluding hydrogens is 220 g/mol. The normalized spacial score (nSPS) is 26.6. The first-order valence-corrected chi connectivity index (χ1v) is 7.46. The maximum atomic E-state index is 5.95. The van der Waals surface area contributed by atoms with Crippen LogP contribution in [-0.2, 0) is 0 Å². The van der Waals surface area contributed by atoms with Crippen LogP contribution in [0.4, 0.5) is 5.69 Å². The van der Waals surface area contributed by atoms with E-state index in [0.29, 0.717) is 6.04 Å². The Hall–Kier alpha value is -1.02. The zero-order valence-corrected chi connectivity index (χ0v) is 11.1. The van der Waals surface area contributed by atoms with E-state index in [0.717, 1.165) is 11.7 Å². The molecule has 2 aliphatic rings. The minimum absolute atomic E-state index is 0.616. The highest BCUT2D eigenvalue weighted by Crippen LogP contribution is 2.37. The van der Waals surface area contributed by atoms with Gasteiger partial charge < -0.3 is 5.73 Å². The number of benzene rings is 1. The molecule has 0 aromatic heterocycles. The highest BCUT2D eigenvalue weighted by atomic mass is 15.2. The summed E-state index contributed by atoms with van der Waals surface area (Å²) in [5.41, 5.74) is 8.28. The van der Waals surface area contributed by atoms with Crippen LogP contribution in [0, 0.1) is 0 Å². The lowest BCUT2D eigenvalue weighted by Gasteiger charge is -2.40. The van der Waals surface area contributed by atoms with Crippen LogP contribution >= 0.6 is 0 Å². The number of rotatable bonds is 2. The second-order valence-electron chi connectivity index (χ2n) is 5.86. The van der Waals surface area contributed by atoms with Crippen molar-refractivity contribution in [2.45, 2.75) is 57.0 Å². The highest BCUT2D eigenvalue weighted by molar-refractivity contribution is 5.41. The second kappa shape index (κ2) is 5.31. The highest BCUT2D eigenvalue weighted by Gasteiger charge is 2.31. The van der Waals surface area contributed by atoms with Crippen LogP contribution < -0.4 is 5.73 Å². The molecule has 98 valence electrons. The summed E-state index contributed by atoms with van der Waals surface area (Å²) in [4.78, 5) is 2.77. The SMILES string of the molecule is Nc1cccc(C2CCCCN2C2CCCC2)c1. The fraction of sp³-hybridized carbons (Fsp3) is 0.625. The van der Waals surface area contributed by atoms with Gasteiger partial charge in [0.1, 0.15) is 0 Å². The van der Waals surface area contributed by atoms with E-state index in [2.05, 4.69) is 23.1 Å². The molecule has 1 unspecified atom stereocenters. The molecule has 1 aliphatic carbocycles. The zero-order chi connectivity index (χ0) is 12.4. The van der Waals surface area contributed by atoms with Crippen molar-refractivity contribution in [3.05, 3.63) is 29.8 Å². The Balaban J connectivity index is 1.82. The smallest absolute Gasteiger partial charge is 0.0351 e. The number of nitrogens with zero attached hydrogens (tertiary/aromatic N) is 1. The Morgan fingerprint density at radius 2 is 1.78 bits per heavy atom. The van der Waals surface area contributed by atoms with Crippen LogP contribution in [0.2, 0.25) is 0 Å². The first-order valence-electron chi connectivity index (χ1n) is 7.46. The van der Waals surface area contributed by atoms with Crippen LogP contribution in [0.25, 0.3) is 0 Å². The van der Waals surface area contributed by atoms with E-state index in [4.69, 9.17) is 5.73 Å². The minimum atomic E-state index is 0.616. The summed E-state index contributed by atoms with van der Waals surface area (Å²) in [5.74, 6) is 0. The monoisotopic (exact) mass is 244 g/mol. The van der Waals surface area contributed by atoms with E-state index in [9.17, 15) is 0 Å². The molecule has 1 atom stereocenters. The molecule has 0 amide bonds. The molecule has 2 N–H and O–H groups in total. The van der Waals surface area contributed by atoms with E-state index in [1.165, 1.54) is 57.1 Å². The first-order chi connectivity index (χ1) is 8.84. The molecule has 18 heavy (non-hydrogen) atoms. The van der Waals surface area contributed by atoms with Crippen LogP contribution in [-0.4, -0.2) is 17.5 Å². The fourth-order valence-electron chi connectivity index (χ4n) is 3.75. The molecule has 1 aromatic carbocycles. The number of anilines is 1. The van der Waals surface area contributed by atoms with Gasteiger partial charge in [0.05, 0.1) is 0 Å². The number of nitrogens with two attached hydrogens (primary N) is 1. The molecule has 1 saturated carbocycles. The van der Waals surface area contributed by atoms with Gasteiger partial charge in [-0.05, 0) is 49.9 Å². The molecule has 0 spiro atoms. The van der Waals surface area contributed by atoms with Crippen LogP contribution in [0.1, 0.15) is 56.6 Å². The van der Waals surface area contributed by atoms with Crippen LogP contribution in [0.5, 0.6) is 0 Å². The van der Waals surface area contributed by atoms with Gasteiger partial charge in [0.2, 0.25) is 0 Å². The summed E-state index contributed by atoms with van der Waals surface area (Å²) < 4.78 is 0. The van der Waals surface area contributed by atoms with Crippen molar-refractivity contribution in [2.75, 3.05) is 12.3 Å². The summed E-state index contributed by atoms with van der Waals surface area (Å²) in [7, 11) is 0. The fourth-order valence-corrected chi connectivity index (χ4v) is 3.75. The first kappa shape index (κ1) is 12.0. The summed E-state index contributed by atoms with van der Waals surface area (Å²) in [6.07, 6.45) is 9.69. The lowest BCUT2D eigenvalue weighted by Crippen LogP contribution is -2.40. The molecule has 1 heterocycles. The standard InChI is InChI=1S/C16H24N2/c17-14-7-5-6-13(12-14)16-10-3-4-11-18(16)15-8-1-2-9-15/h5-7,12,15-16H,1-4,8-11,17H2. The van der Waals surface area contributed by atoms with Crippen LogP contribution in [0.15, 0.2) is 24.3 Å². The van der Waals surface area contributed by atoms with Gasteiger partial charge in [-0.1, -0.05) is 31.4 Å². The lowest BCUT2D eigenvalue weighted by molar-refractivity contribution is 0.0969. The van der Waals surface area contributed by atoms with E-state index in [1.54, 1.807) is 0 Å². The van der Waals surface area contributed by atoms with Crippen molar-refractivity contribution in [1.29, 1.82) is 0 Å². The third-order valence-electron chi connectivity index (χ3n) is 4.63. The number of nitrogen functional groups attached to an aromatic ring is 1. The van der Waals surface area contributed by atoms with Gasteiger partial charge in [0.25, 0.3) is 0 Å². The number of piperidine rings is 1. The quantitative estimate of drug-likeness (QED) is 0.803. The lowest BCUT2D eigenvalue weighted by atomic mass is 9.93. The van der Waals surface area contributed by atoms with Gasteiger partial charge >= 0.3 is 0 Å². The summed E-state index contributed by atoms with van der Waals surface area (Å²) in [6, 6.07) is 9.98. The number of likely N-dealkylation sites (tertiary alicyclic amines) is 1. The van der Waals surface area contributed by atoms with Crippen molar-refractivity contribution in [3.63, 3.8) is 0 Å². The third-order valence-corrected chi connectivity index (χ3v) is 4.63. The maximum absolute atomic E-state index is 5.95. The average molecular weight is 244 g/mol. The topological polar surface area (TPSA) is 29.3 Å². The van der Waals surface area contributed by atoms with Gasteiger partial charge in [-0.2, -0.15) is 0 Å². The maximum Gasteiger partial charge on any atom is 0.0351 e. The van der Waals surface area contributed by atoms with Gasteiger partial charge in [-0.15, -0.1) is 0 Å². The molecule has 2 fully saturated rings. The van der Waals surface area contributed by atoms with E-state index >= 15 is 0 Å². The summed E-state index contributed by atoms with van der Waals surface area (Å²) in [6.45, 7) is 1.28. The van der Waals surface area contributed by atoms with Crippen molar-refractivity contribution in [2.24, 2.45) is 0 Å². The second-order valence-corrected chi connectivity index (χ2v) is 5.86. The zero-order valence-electron chi connectivity index (χ0n) is 11.1. The van der Waals surface area contributed by atoms with Crippen molar-refractivity contribution in [1.82, 2.24) is 4.90 Å². The van der Waals surface area contributed by atoms with Gasteiger partial charge in [-0.25, -0.2) is 0 Å². The molecule has 2 heteroatoms. The molecule has 1 saturated heterocycles. The number of hydrogen-bond donors (Lipinski definition) is 1. The Labute approximate surface area is 110 Å². The molecular formula is C16H24N2. The summed E-state index contributed by atoms with van der Waals surface area (Å²) in [5, 5.41) is 0. The van der Waals surface area contributed by atoms with Crippen molar-refractivity contribution in [3.8, 4) is 0 Å². The predicted molar refractivity (Wildman–Crippen MR) is 76.4 cm³/mol. The van der Waals surface area contributed by atoms with Crippen LogP contribution in [0.3, 0.4) is 0 Å². The molecule has 0 bridgehead atoms. The molecule has 3 rings (SSSR count). The van der Waals surface area contributed by atoms with E-state index in [-0.39, 0.29) is 0 Å².